The van der Waals surface area contributed by atoms with Gasteiger partial charge in [-0.2, -0.15) is 0 Å². The lowest BCUT2D eigenvalue weighted by atomic mass is 9.94. The van der Waals surface area contributed by atoms with Crippen LogP contribution in [0.4, 0.5) is 13.6 Å². The fraction of sp³-hybridized carbons (Fsp3) is 0.962. The summed E-state index contributed by atoms with van der Waals surface area (Å²) in [5, 5.41) is 2.76. The van der Waals surface area contributed by atoms with Crippen LogP contribution >= 0.6 is 0 Å². The van der Waals surface area contributed by atoms with E-state index < -0.39 is 5.92 Å². The van der Waals surface area contributed by atoms with Gasteiger partial charge in [0.05, 0.1) is 13.1 Å². The molecule has 96 heavy (non-hydrogen) atoms. The summed E-state index contributed by atoms with van der Waals surface area (Å²) in [6.45, 7) is 91.5. The van der Waals surface area contributed by atoms with Gasteiger partial charge in [0.25, 0.3) is 5.92 Å². The van der Waals surface area contributed by atoms with Gasteiger partial charge in [-0.15, -0.1) is 0 Å². The largest absolute Gasteiger partial charge is 0.338 e. The Morgan fingerprint density at radius 3 is 0.823 bits per heavy atom. The molecule has 1 N–H and O–H groups in total. The van der Waals surface area contributed by atoms with Crippen LogP contribution in [0.5, 0.6) is 0 Å². The number of carbonyl (C=O) groups is 3. The number of hydrogen-bond acceptors (Lipinski definition) is 11. The van der Waals surface area contributed by atoms with Crippen LogP contribution in [-0.4, -0.2) is 271 Å². The second kappa shape index (κ2) is 38.3. The molecule has 4 amide bonds. The number of likely N-dealkylation sites (N-methyl/N-ethyl adjacent to an activating group) is 1. The van der Waals surface area contributed by atoms with Gasteiger partial charge in [-0.1, -0.05) is 20.3 Å². The van der Waals surface area contributed by atoms with Crippen LogP contribution in [0.2, 0.25) is 0 Å². The van der Waals surface area contributed by atoms with E-state index in [2.05, 4.69) is 227 Å². The van der Waals surface area contributed by atoms with Gasteiger partial charge >= 0.3 is 6.03 Å². The molecule has 0 aromatic heterocycles. The van der Waals surface area contributed by atoms with Crippen LogP contribution in [0, 0.1) is 11.8 Å². The minimum atomic E-state index is -2.42. The molecule has 0 aromatic carbocycles. The molecular formula is C79H162F2N12O3. The molecule has 0 radical (unpaired) electrons. The Labute approximate surface area is 594 Å². The first kappa shape index (κ1) is 91.8. The molecule has 0 unspecified atom stereocenters. The fourth-order valence-corrected chi connectivity index (χ4v) is 12.6. The van der Waals surface area contributed by atoms with Crippen molar-refractivity contribution in [3.63, 3.8) is 0 Å². The SMILES string of the molecule is CC(C)(C)N1CC(F)(F)C1.CC(C)(C)N1CC1.CC(C)(C)N1CCC1=O.CC(C)(C)N1CCCC1.CC(C)(C)N1CCCC1=O.CC(C)(C)N1CCCCC1.CC(C)(C)N1CCNC1=O.CC1CCN(C(C)(C)C)CC1.CC1CN(C(C)(C)C)C1.CN1CCN(C(C)(C)C)CC1. The number of likely N-dealkylation sites (tertiary alicyclic amines) is 7. The van der Waals surface area contributed by atoms with Crippen LogP contribution < -0.4 is 5.32 Å². The zero-order valence-electron chi connectivity index (χ0n) is 69.8. The third kappa shape index (κ3) is 37.1. The van der Waals surface area contributed by atoms with Crippen molar-refractivity contribution in [2.24, 2.45) is 11.8 Å². The molecule has 10 aliphatic heterocycles. The molecule has 570 valence electrons. The zero-order chi connectivity index (χ0) is 74.7. The average molecular weight is 1370 g/mol. The number of nitrogens with one attached hydrogen (secondary N) is 1. The van der Waals surface area contributed by atoms with Gasteiger partial charge < -0.3 is 24.9 Å². The number of piperazine rings is 1. The zero-order valence-corrected chi connectivity index (χ0v) is 69.8. The Kier molecular flexibility index (Phi) is 36.6. The number of halogens is 2. The molecule has 10 saturated heterocycles. The van der Waals surface area contributed by atoms with E-state index in [1.165, 1.54) is 137 Å². The summed E-state index contributed by atoms with van der Waals surface area (Å²) in [6.07, 6.45) is 12.3. The second-order valence-corrected chi connectivity index (χ2v) is 39.4. The summed E-state index contributed by atoms with van der Waals surface area (Å²) in [5.74, 6) is 0.0700. The molecule has 10 rings (SSSR count). The van der Waals surface area contributed by atoms with E-state index in [-0.39, 0.29) is 41.3 Å². The third-order valence-electron chi connectivity index (χ3n) is 20.0. The standard InChI is InChI=1S/C10H21N.C9H20N2.C9H19N.C8H15NO.2C8H17N.C7H13F2N.C7H14N2O.C7H13NO.C6H13N/c1-9-5-7-11(8-6-9)10(2,3)4;1-9(2,3)11-7-5-10(4)6-8-11;1-9(2,3)10-7-5-4-6-8-10;1-8(2,3)9-6-4-5-7(9)10;1-7-5-9(6-7)8(2,3)4;1-8(2,3)9-6-4-5-7-9;1-6(2,3)10-4-7(8,9)5-10;1-7(2,3)9-5-4-8-6(9)10;1-7(2,3)8-5-4-6(8)9;1-6(2,3)7-4-5-7/h9H,5-8H2,1-4H3;5-8H2,1-4H3;4-8H2,1-3H3;4-6H2,1-3H3;7H,5-6H2,1-4H3;4-7H2,1-3H3;4-5H2,1-3H3;4-5H2,1-3H3,(H,8,10);4-5H2,1-3H3;4-5H2,1-3H3. The summed E-state index contributed by atoms with van der Waals surface area (Å²) < 4.78 is 24.6. The molecule has 10 fully saturated rings. The Morgan fingerprint density at radius 2 is 0.635 bits per heavy atom. The van der Waals surface area contributed by atoms with Crippen LogP contribution in [-0.2, 0) is 9.59 Å². The van der Waals surface area contributed by atoms with E-state index in [9.17, 15) is 23.2 Å². The van der Waals surface area contributed by atoms with Gasteiger partial charge in [-0.05, 0) is 311 Å². The summed E-state index contributed by atoms with van der Waals surface area (Å²) >= 11 is 0. The van der Waals surface area contributed by atoms with Crippen molar-refractivity contribution >= 4 is 17.8 Å². The highest BCUT2D eigenvalue weighted by Gasteiger charge is 2.48. The Hall–Kier alpha value is -2.25. The number of urea groups is 1. The average Bonchev–Trinajstić information content (AvgIpc) is 1.38. The van der Waals surface area contributed by atoms with Crippen molar-refractivity contribution in [2.75, 3.05) is 138 Å². The number of alkyl halides is 2. The van der Waals surface area contributed by atoms with Crippen LogP contribution in [0.15, 0.2) is 0 Å². The number of amides is 4. The lowest BCUT2D eigenvalue weighted by Gasteiger charge is -2.47. The predicted octanol–water partition coefficient (Wildman–Crippen LogP) is 15.5. The van der Waals surface area contributed by atoms with Gasteiger partial charge in [0.2, 0.25) is 11.8 Å². The quantitative estimate of drug-likeness (QED) is 0.185. The van der Waals surface area contributed by atoms with Gasteiger partial charge in [0, 0.05) is 147 Å². The van der Waals surface area contributed by atoms with Gasteiger partial charge in [-0.3, -0.25) is 43.9 Å². The van der Waals surface area contributed by atoms with Crippen LogP contribution in [0.3, 0.4) is 0 Å². The highest BCUT2D eigenvalue weighted by molar-refractivity contribution is 5.82. The Bertz CT molecular complexity index is 2100. The molecule has 10 aliphatic rings. The summed E-state index contributed by atoms with van der Waals surface area (Å²) in [4.78, 5) is 58.1. The van der Waals surface area contributed by atoms with Gasteiger partial charge in [-0.25, -0.2) is 13.6 Å². The van der Waals surface area contributed by atoms with Gasteiger partial charge in [0.1, 0.15) is 0 Å². The molecule has 10 heterocycles. The highest BCUT2D eigenvalue weighted by Crippen LogP contribution is 2.33. The van der Waals surface area contributed by atoms with Gasteiger partial charge in [0.15, 0.2) is 0 Å². The molecule has 17 heteroatoms. The first-order valence-electron chi connectivity index (χ1n) is 38.2. The molecule has 0 aliphatic carbocycles. The summed E-state index contributed by atoms with van der Waals surface area (Å²) in [6, 6.07) is 0.0625. The van der Waals surface area contributed by atoms with Crippen molar-refractivity contribution < 1.29 is 23.2 Å². The Balaban J connectivity index is 0.000000534. The minimum absolute atomic E-state index is 0.0272. The van der Waals surface area contributed by atoms with Crippen molar-refractivity contribution in [3.8, 4) is 0 Å². The monoisotopic (exact) mass is 1370 g/mol. The number of carbonyl (C=O) groups excluding carboxylic acids is 3. The van der Waals surface area contributed by atoms with E-state index >= 15 is 0 Å². The predicted molar refractivity (Wildman–Crippen MR) is 409 cm³/mol. The summed E-state index contributed by atoms with van der Waals surface area (Å²) in [7, 11) is 2.19. The topological polar surface area (TPSA) is 98.6 Å². The third-order valence-corrected chi connectivity index (χ3v) is 20.0. The minimum Gasteiger partial charge on any atom is -0.338 e. The van der Waals surface area contributed by atoms with E-state index in [4.69, 9.17) is 0 Å². The Morgan fingerprint density at radius 1 is 0.323 bits per heavy atom. The first-order valence-corrected chi connectivity index (χ1v) is 38.2. The number of β-lactam (4-membered cyclic amide) rings is 1. The number of piperidine rings is 2. The van der Waals surface area contributed by atoms with E-state index in [0.717, 1.165) is 57.3 Å². The molecule has 0 bridgehead atoms. The number of hydrogen-bond donors (Lipinski definition) is 1. The van der Waals surface area contributed by atoms with Crippen LogP contribution in [0.1, 0.15) is 286 Å². The van der Waals surface area contributed by atoms with Crippen molar-refractivity contribution in [2.45, 2.75) is 347 Å². The molecule has 0 saturated carbocycles. The maximum absolute atomic E-state index is 12.3. The lowest BCUT2D eigenvalue weighted by Crippen LogP contribution is -2.62. The van der Waals surface area contributed by atoms with Crippen molar-refractivity contribution in [1.29, 1.82) is 0 Å². The fourth-order valence-electron chi connectivity index (χ4n) is 12.6. The van der Waals surface area contributed by atoms with Crippen LogP contribution in [0.25, 0.3) is 0 Å². The number of nitrogens with zero attached hydrogens (tertiary/aromatic N) is 11. The maximum atomic E-state index is 12.3. The second-order valence-electron chi connectivity index (χ2n) is 39.4. The smallest absolute Gasteiger partial charge is 0.317 e. The summed E-state index contributed by atoms with van der Waals surface area (Å²) in [5.41, 5.74) is 2.38. The van der Waals surface area contributed by atoms with E-state index in [1.807, 2.05) is 56.2 Å². The molecular weight excluding hydrogens is 1200 g/mol. The molecule has 0 aromatic rings. The molecule has 0 atom stereocenters. The highest BCUT2D eigenvalue weighted by atomic mass is 19.3. The maximum Gasteiger partial charge on any atom is 0.317 e. The van der Waals surface area contributed by atoms with Crippen molar-refractivity contribution in [3.05, 3.63) is 0 Å². The van der Waals surface area contributed by atoms with E-state index in [1.54, 1.807) is 4.90 Å². The van der Waals surface area contributed by atoms with Crippen molar-refractivity contribution in [1.82, 2.24) is 59.2 Å². The molecule has 0 spiro atoms. The molecule has 15 nitrogen and oxygen atoms in total. The lowest BCUT2D eigenvalue weighted by molar-refractivity contribution is -0.160. The van der Waals surface area contributed by atoms with E-state index in [0.29, 0.717) is 45.0 Å². The normalized spacial score (nSPS) is 22.7. The first-order chi connectivity index (χ1) is 43.2. The number of rotatable bonds is 0.